The molecule has 8 heteroatoms. The van der Waals surface area contributed by atoms with Gasteiger partial charge in [0.1, 0.15) is 12.3 Å². The van der Waals surface area contributed by atoms with Crippen molar-refractivity contribution in [2.75, 3.05) is 13.7 Å². The molecule has 3 amide bonds. The first-order chi connectivity index (χ1) is 20.4. The molecule has 2 bridgehead atoms. The number of hydrogen-bond donors (Lipinski definition) is 0. The number of ether oxygens (including phenoxy) is 1. The second-order valence-corrected chi connectivity index (χ2v) is 11.2. The molecule has 4 aromatic rings. The zero-order valence-corrected chi connectivity index (χ0v) is 23.3. The number of ketones is 1. The number of hydrazine groups is 1. The maximum absolute atomic E-state index is 14.4. The molecule has 3 aliphatic carbocycles. The van der Waals surface area contributed by atoms with Crippen LogP contribution in [0.25, 0.3) is 0 Å². The molecule has 42 heavy (non-hydrogen) atoms. The number of benzene rings is 4. The van der Waals surface area contributed by atoms with Crippen molar-refractivity contribution in [3.05, 3.63) is 135 Å². The first-order valence-corrected chi connectivity index (χ1v) is 14.1. The fraction of sp³-hybridized carbons (Fsp3) is 0.176. The summed E-state index contributed by atoms with van der Waals surface area (Å²) < 4.78 is 5.19. The molecule has 8 rings (SSSR count). The van der Waals surface area contributed by atoms with Gasteiger partial charge in [0, 0.05) is 17.4 Å². The largest absolute Gasteiger partial charge is 0.497 e. The molecule has 4 aromatic carbocycles. The van der Waals surface area contributed by atoms with E-state index in [9.17, 15) is 19.2 Å². The van der Waals surface area contributed by atoms with Crippen LogP contribution in [0.4, 0.5) is 0 Å². The van der Waals surface area contributed by atoms with Crippen LogP contribution in [0, 0.1) is 11.8 Å². The van der Waals surface area contributed by atoms with Gasteiger partial charge in [-0.25, -0.2) is 5.01 Å². The van der Waals surface area contributed by atoms with Crippen LogP contribution in [0.1, 0.15) is 54.8 Å². The van der Waals surface area contributed by atoms with Gasteiger partial charge in [-0.1, -0.05) is 72.3 Å². The van der Waals surface area contributed by atoms with Gasteiger partial charge in [0.15, 0.2) is 5.78 Å². The highest BCUT2D eigenvalue weighted by molar-refractivity contribution is 6.34. The maximum Gasteiger partial charge on any atom is 0.274 e. The van der Waals surface area contributed by atoms with Gasteiger partial charge < -0.3 is 4.74 Å². The van der Waals surface area contributed by atoms with E-state index >= 15 is 0 Å². The third kappa shape index (κ3) is 3.80. The Labute approximate surface area is 247 Å². The Balaban J connectivity index is 1.32. The van der Waals surface area contributed by atoms with Gasteiger partial charge in [-0.2, -0.15) is 5.01 Å². The first-order valence-electron chi connectivity index (χ1n) is 13.7. The van der Waals surface area contributed by atoms with Crippen molar-refractivity contribution < 1.29 is 23.9 Å². The fourth-order valence-corrected chi connectivity index (χ4v) is 7.13. The van der Waals surface area contributed by atoms with Crippen molar-refractivity contribution in [3.63, 3.8) is 0 Å². The predicted molar refractivity (Wildman–Crippen MR) is 155 cm³/mol. The summed E-state index contributed by atoms with van der Waals surface area (Å²) >= 11 is 6.39. The Morgan fingerprint density at radius 2 is 1.21 bits per heavy atom. The van der Waals surface area contributed by atoms with Crippen molar-refractivity contribution >= 4 is 35.1 Å². The number of nitrogens with zero attached hydrogens (tertiary/aromatic N) is 2. The number of halogens is 1. The third-order valence-electron chi connectivity index (χ3n) is 8.71. The molecule has 0 radical (unpaired) electrons. The van der Waals surface area contributed by atoms with Crippen LogP contribution in [0.3, 0.4) is 0 Å². The number of methoxy groups -OCH3 is 1. The summed E-state index contributed by atoms with van der Waals surface area (Å²) in [6, 6.07) is 28.7. The average Bonchev–Trinajstić information content (AvgIpc) is 3.29. The molecule has 1 fully saturated rings. The van der Waals surface area contributed by atoms with Gasteiger partial charge in [-0.05, 0) is 58.7 Å². The summed E-state index contributed by atoms with van der Waals surface area (Å²) in [5.74, 6) is -3.66. The molecule has 2 atom stereocenters. The van der Waals surface area contributed by atoms with E-state index in [1.54, 1.807) is 42.5 Å². The molecule has 0 unspecified atom stereocenters. The lowest BCUT2D eigenvalue weighted by Crippen LogP contribution is -2.52. The highest BCUT2D eigenvalue weighted by atomic mass is 35.5. The Morgan fingerprint density at radius 1 is 0.738 bits per heavy atom. The Hall–Kier alpha value is -4.75. The van der Waals surface area contributed by atoms with Crippen LogP contribution in [-0.4, -0.2) is 47.2 Å². The van der Waals surface area contributed by atoms with Crippen molar-refractivity contribution in [3.8, 4) is 5.75 Å². The summed E-state index contributed by atoms with van der Waals surface area (Å²) in [4.78, 5) is 56.3. The average molecular weight is 577 g/mol. The highest BCUT2D eigenvalue weighted by Gasteiger charge is 2.63. The first kappa shape index (κ1) is 26.2. The van der Waals surface area contributed by atoms with Crippen molar-refractivity contribution in [1.29, 1.82) is 0 Å². The van der Waals surface area contributed by atoms with Gasteiger partial charge in [-0.15, -0.1) is 0 Å². The molecule has 0 N–H and O–H groups in total. The molecule has 0 spiro atoms. The monoisotopic (exact) mass is 576 g/mol. The number of hydrogen-bond acceptors (Lipinski definition) is 5. The van der Waals surface area contributed by atoms with Crippen LogP contribution < -0.4 is 4.74 Å². The van der Waals surface area contributed by atoms with E-state index in [-0.39, 0.29) is 22.4 Å². The lowest BCUT2D eigenvalue weighted by molar-refractivity contribution is -0.154. The van der Waals surface area contributed by atoms with Crippen LogP contribution >= 0.6 is 11.6 Å². The molecular formula is C34H25ClN2O5. The summed E-state index contributed by atoms with van der Waals surface area (Å²) in [5.41, 5.74) is 4.47. The lowest BCUT2D eigenvalue weighted by atomic mass is 9.55. The molecule has 0 aromatic heterocycles. The minimum atomic E-state index is -0.704. The van der Waals surface area contributed by atoms with Crippen molar-refractivity contribution in [2.45, 2.75) is 11.8 Å². The molecule has 7 nitrogen and oxygen atoms in total. The number of carbonyl (C=O) groups excluding carboxylic acids is 4. The fourth-order valence-electron chi connectivity index (χ4n) is 6.91. The van der Waals surface area contributed by atoms with Gasteiger partial charge in [0.2, 0.25) is 0 Å². The van der Waals surface area contributed by atoms with Gasteiger partial charge in [0.05, 0.1) is 29.5 Å². The SMILES string of the molecule is COc1ccc(C(=O)CN(C(=O)c2ccccc2Cl)N2C(=O)[C@@H]3C4c5ccccc5C(c5ccccc54)[C@H]3C2=O)cc1. The van der Waals surface area contributed by atoms with Gasteiger partial charge >= 0.3 is 0 Å². The summed E-state index contributed by atoms with van der Waals surface area (Å²) in [7, 11) is 1.52. The Bertz CT molecular complexity index is 1670. The zero-order valence-electron chi connectivity index (χ0n) is 22.6. The van der Waals surface area contributed by atoms with E-state index in [2.05, 4.69) is 0 Å². The van der Waals surface area contributed by atoms with Crippen LogP contribution in [0.5, 0.6) is 5.75 Å². The summed E-state index contributed by atoms with van der Waals surface area (Å²) in [5, 5.41) is 2.05. The minimum Gasteiger partial charge on any atom is -0.497 e. The molecule has 0 saturated carbocycles. The van der Waals surface area contributed by atoms with Crippen LogP contribution in [0.15, 0.2) is 97.1 Å². The topological polar surface area (TPSA) is 84.0 Å². The number of carbonyl (C=O) groups is 4. The number of Topliss-reactive ketones (excluding diaryl/α,β-unsaturated/α-hetero) is 1. The molecule has 1 aliphatic heterocycles. The van der Waals surface area contributed by atoms with Crippen molar-refractivity contribution in [1.82, 2.24) is 10.0 Å². The van der Waals surface area contributed by atoms with Gasteiger partial charge in [0.25, 0.3) is 17.7 Å². The quantitative estimate of drug-likeness (QED) is 0.224. The van der Waals surface area contributed by atoms with Crippen LogP contribution in [-0.2, 0) is 9.59 Å². The normalized spacial score (nSPS) is 21.4. The molecule has 208 valence electrons. The van der Waals surface area contributed by atoms with Crippen molar-refractivity contribution in [2.24, 2.45) is 11.8 Å². The van der Waals surface area contributed by atoms with E-state index < -0.39 is 41.9 Å². The van der Waals surface area contributed by atoms with E-state index in [0.29, 0.717) is 11.3 Å². The molecule has 1 saturated heterocycles. The lowest BCUT2D eigenvalue weighted by Gasteiger charge is -2.45. The van der Waals surface area contributed by atoms with Crippen LogP contribution in [0.2, 0.25) is 5.02 Å². The maximum atomic E-state index is 14.4. The second-order valence-electron chi connectivity index (χ2n) is 10.7. The highest BCUT2D eigenvalue weighted by Crippen LogP contribution is 2.61. The smallest absolute Gasteiger partial charge is 0.274 e. The minimum absolute atomic E-state index is 0.0895. The molecule has 4 aliphatic rings. The Kier molecular flexibility index (Phi) is 6.21. The summed E-state index contributed by atoms with van der Waals surface area (Å²) in [6.07, 6.45) is 0. The Morgan fingerprint density at radius 3 is 1.69 bits per heavy atom. The summed E-state index contributed by atoms with van der Waals surface area (Å²) in [6.45, 7) is -0.525. The van der Waals surface area contributed by atoms with E-state index in [4.69, 9.17) is 16.3 Å². The number of imide groups is 1. The predicted octanol–water partition coefficient (Wildman–Crippen LogP) is 5.48. The standard InChI is InChI=1S/C34H25ClN2O5/c1-42-20-16-14-19(15-17-20)27(38)18-36(32(39)25-12-6-7-13-26(25)35)37-33(40)30-28-21-8-2-3-9-22(21)29(31(30)34(37)41)24-11-5-4-10-23(24)28/h2-17,28-31H,18H2,1H3/t28?,29?,30-,31-/m1/s1. The van der Waals surface area contributed by atoms with E-state index in [1.807, 2.05) is 48.5 Å². The third-order valence-corrected chi connectivity index (χ3v) is 9.04. The van der Waals surface area contributed by atoms with Gasteiger partial charge in [-0.3, -0.25) is 19.2 Å². The van der Waals surface area contributed by atoms with E-state index in [1.165, 1.54) is 13.2 Å². The number of amides is 3. The second kappa shape index (κ2) is 9.96. The molecule has 1 heterocycles. The number of rotatable bonds is 6. The van der Waals surface area contributed by atoms with E-state index in [0.717, 1.165) is 32.3 Å². The molecular weight excluding hydrogens is 552 g/mol. The zero-order chi connectivity index (χ0) is 29.1.